The molecule has 1 aromatic rings. The number of halogens is 3. The van der Waals surface area contributed by atoms with Crippen molar-refractivity contribution in [1.29, 1.82) is 0 Å². The van der Waals surface area contributed by atoms with E-state index in [9.17, 15) is 16.8 Å². The predicted molar refractivity (Wildman–Crippen MR) is 71.1 cm³/mol. The third-order valence-corrected chi connectivity index (χ3v) is 6.02. The number of sulfonamides is 2. The Bertz CT molecular complexity index is 749. The average molecular weight is 367 g/mol. The number of nitrogens with two attached hydrogens (primary N) is 1. The first-order chi connectivity index (χ1) is 8.54. The van der Waals surface area contributed by atoms with Crippen LogP contribution >= 0.6 is 35.0 Å². The second kappa shape index (κ2) is 4.62. The minimum Gasteiger partial charge on any atom is -0.252 e. The van der Waals surface area contributed by atoms with Gasteiger partial charge in [-0.2, -0.15) is 4.72 Å². The number of fused-ring (bicyclic) bond motifs is 1. The number of hydrogen-bond acceptors (Lipinski definition) is 5. The van der Waals surface area contributed by atoms with Crippen LogP contribution in [-0.2, 0) is 20.0 Å². The summed E-state index contributed by atoms with van der Waals surface area (Å²) in [5.74, 6) is 0. The lowest BCUT2D eigenvalue weighted by Crippen LogP contribution is -2.45. The Morgan fingerprint density at radius 1 is 1.37 bits per heavy atom. The second-order valence-electron chi connectivity index (χ2n) is 3.56. The molecule has 12 heteroatoms. The van der Waals surface area contributed by atoms with Crippen molar-refractivity contribution < 1.29 is 16.8 Å². The largest absolute Gasteiger partial charge is 0.252 e. The number of alkyl halides is 1. The molecule has 0 aliphatic carbocycles. The van der Waals surface area contributed by atoms with Crippen LogP contribution in [0.5, 0.6) is 0 Å². The van der Waals surface area contributed by atoms with Gasteiger partial charge in [0.15, 0.2) is 5.62 Å². The molecule has 1 aromatic carbocycles. The fourth-order valence-corrected chi connectivity index (χ4v) is 4.60. The summed E-state index contributed by atoms with van der Waals surface area (Å²) in [5, 5.41) is 4.68. The maximum atomic E-state index is 11.9. The smallest absolute Gasteiger partial charge is 0.245 e. The van der Waals surface area contributed by atoms with E-state index < -0.39 is 30.6 Å². The number of hydrogen-bond donors (Lipinski definition) is 2. The van der Waals surface area contributed by atoms with Crippen LogP contribution in [0, 0.1) is 0 Å². The molecule has 1 unspecified atom stereocenters. The standard InChI is InChI=1S/C7H6Cl3N3O4S2/c8-3-1-4-6(2-5(3)18(11,14)15)19(16,17)12-7(9)13(4)10/h1-2,7,12H,(H2,11,14,15). The zero-order valence-corrected chi connectivity index (χ0v) is 12.7. The van der Waals surface area contributed by atoms with Crippen molar-refractivity contribution >= 4 is 60.7 Å². The Balaban J connectivity index is 2.82. The molecule has 0 amide bonds. The van der Waals surface area contributed by atoms with Gasteiger partial charge in [0.1, 0.15) is 9.79 Å². The number of nitrogens with one attached hydrogen (secondary N) is 1. The highest BCUT2D eigenvalue weighted by Gasteiger charge is 2.35. The summed E-state index contributed by atoms with van der Waals surface area (Å²) in [6.07, 6.45) is 0. The minimum atomic E-state index is -4.17. The number of rotatable bonds is 1. The molecule has 1 aliphatic rings. The average Bonchev–Trinajstić information content (AvgIpc) is 2.23. The van der Waals surface area contributed by atoms with Crippen molar-refractivity contribution in [1.82, 2.24) is 4.72 Å². The van der Waals surface area contributed by atoms with Gasteiger partial charge in [0.2, 0.25) is 20.0 Å². The Morgan fingerprint density at radius 3 is 2.47 bits per heavy atom. The van der Waals surface area contributed by atoms with Crippen LogP contribution < -0.4 is 14.3 Å². The van der Waals surface area contributed by atoms with E-state index in [1.165, 1.54) is 0 Å². The van der Waals surface area contributed by atoms with E-state index in [0.29, 0.717) is 0 Å². The predicted octanol–water partition coefficient (Wildman–Crippen LogP) is 0.762. The van der Waals surface area contributed by atoms with Crippen LogP contribution in [0.2, 0.25) is 5.02 Å². The van der Waals surface area contributed by atoms with E-state index in [0.717, 1.165) is 16.6 Å². The van der Waals surface area contributed by atoms with Gasteiger partial charge >= 0.3 is 0 Å². The third kappa shape index (κ3) is 2.64. The van der Waals surface area contributed by atoms with E-state index in [1.54, 1.807) is 0 Å². The number of nitrogens with zero attached hydrogens (tertiary/aromatic N) is 1. The van der Waals surface area contributed by atoms with Crippen molar-refractivity contribution in [3.63, 3.8) is 0 Å². The molecule has 0 saturated heterocycles. The topological polar surface area (TPSA) is 110 Å². The summed E-state index contributed by atoms with van der Waals surface area (Å²) in [4.78, 5) is -0.899. The van der Waals surface area contributed by atoms with Gasteiger partial charge in [-0.05, 0) is 12.1 Å². The summed E-state index contributed by atoms with van der Waals surface area (Å²) >= 11 is 17.2. The van der Waals surface area contributed by atoms with Crippen LogP contribution in [0.25, 0.3) is 0 Å². The van der Waals surface area contributed by atoms with Gasteiger partial charge in [0.25, 0.3) is 0 Å². The van der Waals surface area contributed by atoms with Gasteiger partial charge in [0, 0.05) is 11.8 Å². The van der Waals surface area contributed by atoms with Gasteiger partial charge in [0.05, 0.1) is 10.7 Å². The van der Waals surface area contributed by atoms with E-state index in [-0.39, 0.29) is 15.6 Å². The zero-order valence-electron chi connectivity index (χ0n) is 8.84. The van der Waals surface area contributed by atoms with Gasteiger partial charge < -0.3 is 0 Å². The molecular formula is C7H6Cl3N3O4S2. The molecule has 3 N–H and O–H groups in total. The molecule has 0 fully saturated rings. The molecule has 7 nitrogen and oxygen atoms in total. The van der Waals surface area contributed by atoms with E-state index in [2.05, 4.69) is 0 Å². The highest BCUT2D eigenvalue weighted by atomic mass is 35.5. The maximum absolute atomic E-state index is 11.9. The lowest BCUT2D eigenvalue weighted by molar-refractivity contribution is 0.573. The first kappa shape index (κ1) is 15.1. The quantitative estimate of drug-likeness (QED) is 0.433. The number of benzene rings is 1. The molecule has 0 saturated carbocycles. The van der Waals surface area contributed by atoms with Crippen LogP contribution in [0.4, 0.5) is 5.69 Å². The summed E-state index contributed by atoms with van der Waals surface area (Å²) in [7, 11) is -8.18. The summed E-state index contributed by atoms with van der Waals surface area (Å²) < 4.78 is 49.2. The molecule has 19 heavy (non-hydrogen) atoms. The second-order valence-corrected chi connectivity index (χ2v) is 7.96. The summed E-state index contributed by atoms with van der Waals surface area (Å²) in [5.41, 5.74) is -1.27. The summed E-state index contributed by atoms with van der Waals surface area (Å²) in [6, 6.07) is 1.89. The SMILES string of the molecule is NS(=O)(=O)c1cc2c(cc1Cl)N(Cl)C(Cl)NS2(=O)=O. The monoisotopic (exact) mass is 365 g/mol. The molecule has 1 aliphatic heterocycles. The molecule has 106 valence electrons. The maximum Gasteiger partial charge on any atom is 0.245 e. The molecule has 0 bridgehead atoms. The Morgan fingerprint density at radius 2 is 1.95 bits per heavy atom. The third-order valence-electron chi connectivity index (χ3n) is 2.29. The van der Waals surface area contributed by atoms with E-state index >= 15 is 0 Å². The van der Waals surface area contributed by atoms with E-state index in [1.807, 2.05) is 4.72 Å². The van der Waals surface area contributed by atoms with Crippen LogP contribution in [0.3, 0.4) is 0 Å². The van der Waals surface area contributed by atoms with Crippen LogP contribution in [-0.4, -0.2) is 22.5 Å². The van der Waals surface area contributed by atoms with Gasteiger partial charge in [-0.25, -0.2) is 22.0 Å². The Hall–Kier alpha value is -0.290. The molecular weight excluding hydrogens is 361 g/mol. The number of anilines is 1. The molecule has 0 radical (unpaired) electrons. The fourth-order valence-electron chi connectivity index (χ4n) is 1.48. The fraction of sp³-hybridized carbons (Fsp3) is 0.143. The normalized spacial score (nSPS) is 22.1. The molecule has 1 atom stereocenters. The Kier molecular flexibility index (Phi) is 3.67. The molecule has 2 rings (SSSR count). The molecule has 0 spiro atoms. The first-order valence-corrected chi connectivity index (χ1v) is 8.70. The lowest BCUT2D eigenvalue weighted by atomic mass is 10.3. The lowest BCUT2D eigenvalue weighted by Gasteiger charge is -2.30. The van der Waals surface area contributed by atoms with Gasteiger partial charge in [-0.3, -0.25) is 4.42 Å². The molecule has 1 heterocycles. The van der Waals surface area contributed by atoms with E-state index in [4.69, 9.17) is 40.1 Å². The van der Waals surface area contributed by atoms with Crippen molar-refractivity contribution in [2.45, 2.75) is 15.4 Å². The van der Waals surface area contributed by atoms with Crippen molar-refractivity contribution in [3.8, 4) is 0 Å². The first-order valence-electron chi connectivity index (χ1n) is 4.52. The molecule has 0 aromatic heterocycles. The van der Waals surface area contributed by atoms with Crippen LogP contribution in [0.15, 0.2) is 21.9 Å². The van der Waals surface area contributed by atoms with Crippen molar-refractivity contribution in [2.24, 2.45) is 5.14 Å². The van der Waals surface area contributed by atoms with Gasteiger partial charge in [-0.15, -0.1) is 0 Å². The minimum absolute atomic E-state index is 0.0437. The Labute approximate surface area is 124 Å². The zero-order chi connectivity index (χ0) is 14.6. The summed E-state index contributed by atoms with van der Waals surface area (Å²) in [6.45, 7) is 0. The highest BCUT2D eigenvalue weighted by molar-refractivity contribution is 7.90. The number of primary sulfonamides is 1. The van der Waals surface area contributed by atoms with Crippen molar-refractivity contribution in [3.05, 3.63) is 17.2 Å². The highest BCUT2D eigenvalue weighted by Crippen LogP contribution is 2.38. The van der Waals surface area contributed by atoms with Crippen LogP contribution in [0.1, 0.15) is 0 Å². The van der Waals surface area contributed by atoms with Crippen molar-refractivity contribution in [2.75, 3.05) is 4.42 Å². The van der Waals surface area contributed by atoms with Gasteiger partial charge in [-0.1, -0.05) is 23.2 Å².